The number of fused-ring (bicyclic) bond motifs is 1. The summed E-state index contributed by atoms with van der Waals surface area (Å²) in [7, 11) is -1.50. The molecule has 0 amide bonds. The molecule has 0 atom stereocenters. The lowest BCUT2D eigenvalue weighted by Crippen LogP contribution is -2.36. The quantitative estimate of drug-likeness (QED) is 0.720. The zero-order chi connectivity index (χ0) is 18.1. The average molecular weight is 342 g/mol. The van der Waals surface area contributed by atoms with Crippen molar-refractivity contribution in [3.63, 3.8) is 0 Å². The molecule has 0 unspecified atom stereocenters. The van der Waals surface area contributed by atoms with Gasteiger partial charge < -0.3 is 14.8 Å². The number of hydrogen-bond acceptors (Lipinski definition) is 3. The highest BCUT2D eigenvalue weighted by atomic mass is 16.5. The Bertz CT molecular complexity index is 910. The second kappa shape index (κ2) is 6.48. The summed E-state index contributed by atoms with van der Waals surface area (Å²) in [5.74, 6) is 0.754. The Morgan fingerprint density at radius 1 is 0.846 bits per heavy atom. The molecule has 3 aromatic carbocycles. The van der Waals surface area contributed by atoms with Crippen molar-refractivity contribution in [3.8, 4) is 5.75 Å². The maximum Gasteiger partial charge on any atom is 0.488 e. The minimum atomic E-state index is -1.50. The van der Waals surface area contributed by atoms with E-state index in [4.69, 9.17) is 4.74 Å². The fourth-order valence-electron chi connectivity index (χ4n) is 3.49. The van der Waals surface area contributed by atoms with Gasteiger partial charge in [0, 0.05) is 16.7 Å². The molecule has 0 fully saturated rings. The average Bonchev–Trinajstić information content (AvgIpc) is 2.69. The molecule has 3 nitrogen and oxygen atoms in total. The lowest BCUT2D eigenvalue weighted by molar-refractivity contribution is 0.160. The van der Waals surface area contributed by atoms with Crippen LogP contribution in [-0.4, -0.2) is 17.2 Å². The molecule has 1 aliphatic heterocycles. The van der Waals surface area contributed by atoms with Gasteiger partial charge in [0.15, 0.2) is 5.60 Å². The summed E-state index contributed by atoms with van der Waals surface area (Å²) in [6.07, 6.45) is 4.03. The lowest BCUT2D eigenvalue weighted by Gasteiger charge is -2.37. The fourth-order valence-corrected chi connectivity index (χ4v) is 3.49. The number of ether oxygens (including phenoxy) is 1. The number of hydrogen-bond donors (Lipinski definition) is 2. The smallest absolute Gasteiger partial charge is 0.473 e. The third-order valence-corrected chi connectivity index (χ3v) is 4.79. The van der Waals surface area contributed by atoms with E-state index in [0.717, 1.165) is 28.0 Å². The van der Waals surface area contributed by atoms with Crippen LogP contribution in [0.1, 0.15) is 22.3 Å². The molecule has 26 heavy (non-hydrogen) atoms. The van der Waals surface area contributed by atoms with Crippen LogP contribution in [0.15, 0.2) is 78.9 Å². The predicted molar refractivity (Wildman–Crippen MR) is 104 cm³/mol. The molecule has 0 bridgehead atoms. The van der Waals surface area contributed by atoms with Crippen LogP contribution in [0.25, 0.3) is 6.08 Å². The first kappa shape index (κ1) is 16.6. The van der Waals surface area contributed by atoms with Crippen molar-refractivity contribution in [3.05, 3.63) is 101 Å². The summed E-state index contributed by atoms with van der Waals surface area (Å²) in [5.41, 5.74) is 3.53. The molecule has 4 rings (SSSR count). The van der Waals surface area contributed by atoms with Gasteiger partial charge >= 0.3 is 7.12 Å². The van der Waals surface area contributed by atoms with E-state index >= 15 is 0 Å². The summed E-state index contributed by atoms with van der Waals surface area (Å²) >= 11 is 0. The molecule has 0 saturated carbocycles. The third kappa shape index (κ3) is 2.73. The molecule has 4 heteroatoms. The standard InChI is InChI=1S/C22H19BO3/c1-16-14-20(23(24)25)15-17-12-13-22(26-21(16)17,18-8-4-2-5-9-18)19-10-6-3-7-11-19/h2-15,24-25H,1H3. The summed E-state index contributed by atoms with van der Waals surface area (Å²) in [6, 6.07) is 23.7. The van der Waals surface area contributed by atoms with Gasteiger partial charge in [-0.3, -0.25) is 0 Å². The van der Waals surface area contributed by atoms with Crippen LogP contribution < -0.4 is 10.2 Å². The highest BCUT2D eigenvalue weighted by molar-refractivity contribution is 6.58. The summed E-state index contributed by atoms with van der Waals surface area (Å²) in [5, 5.41) is 19.0. The van der Waals surface area contributed by atoms with E-state index in [2.05, 4.69) is 24.3 Å². The first-order valence-corrected chi connectivity index (χ1v) is 8.60. The molecular formula is C22H19BO3. The second-order valence-corrected chi connectivity index (χ2v) is 6.53. The molecule has 1 aliphatic rings. The largest absolute Gasteiger partial charge is 0.488 e. The van der Waals surface area contributed by atoms with Crippen molar-refractivity contribution >= 4 is 18.7 Å². The van der Waals surface area contributed by atoms with Crippen molar-refractivity contribution in [2.24, 2.45) is 0 Å². The Labute approximate surface area is 153 Å². The molecule has 2 N–H and O–H groups in total. The van der Waals surface area contributed by atoms with E-state index in [1.54, 1.807) is 12.1 Å². The van der Waals surface area contributed by atoms with Gasteiger partial charge in [0.25, 0.3) is 0 Å². The van der Waals surface area contributed by atoms with E-state index in [0.29, 0.717) is 5.46 Å². The van der Waals surface area contributed by atoms with Crippen molar-refractivity contribution in [2.45, 2.75) is 12.5 Å². The van der Waals surface area contributed by atoms with Crippen LogP contribution in [0.4, 0.5) is 0 Å². The Morgan fingerprint density at radius 3 is 1.96 bits per heavy atom. The van der Waals surface area contributed by atoms with Crippen LogP contribution >= 0.6 is 0 Å². The van der Waals surface area contributed by atoms with E-state index in [1.165, 1.54) is 0 Å². The topological polar surface area (TPSA) is 49.7 Å². The van der Waals surface area contributed by atoms with Gasteiger partial charge in [-0.25, -0.2) is 0 Å². The molecule has 0 spiro atoms. The summed E-state index contributed by atoms with van der Waals surface area (Å²) < 4.78 is 6.61. The Kier molecular flexibility index (Phi) is 4.15. The van der Waals surface area contributed by atoms with Gasteiger partial charge in [0.2, 0.25) is 0 Å². The Hall–Kier alpha value is -2.82. The highest BCUT2D eigenvalue weighted by Crippen LogP contribution is 2.42. The lowest BCUT2D eigenvalue weighted by atomic mass is 9.77. The molecule has 1 heterocycles. The van der Waals surface area contributed by atoms with Crippen molar-refractivity contribution in [2.75, 3.05) is 0 Å². The maximum absolute atomic E-state index is 9.50. The van der Waals surface area contributed by atoms with Gasteiger partial charge in [0.05, 0.1) is 0 Å². The summed E-state index contributed by atoms with van der Waals surface area (Å²) in [6.45, 7) is 1.92. The normalized spacial score (nSPS) is 14.4. The monoisotopic (exact) mass is 342 g/mol. The predicted octanol–water partition coefficient (Wildman–Crippen LogP) is 3.02. The van der Waals surface area contributed by atoms with Crippen LogP contribution in [-0.2, 0) is 5.60 Å². The first-order valence-electron chi connectivity index (χ1n) is 8.60. The fraction of sp³-hybridized carbons (Fsp3) is 0.0909. The highest BCUT2D eigenvalue weighted by Gasteiger charge is 2.37. The van der Waals surface area contributed by atoms with Gasteiger partial charge in [-0.05, 0) is 24.0 Å². The number of rotatable bonds is 3. The van der Waals surface area contributed by atoms with Gasteiger partial charge in [-0.15, -0.1) is 0 Å². The first-order chi connectivity index (χ1) is 12.6. The SMILES string of the molecule is Cc1cc(B(O)O)cc2c1OC(c1ccccc1)(c1ccccc1)C=C2. The minimum absolute atomic E-state index is 0.460. The molecule has 0 radical (unpaired) electrons. The molecule has 128 valence electrons. The van der Waals surface area contributed by atoms with Crippen molar-refractivity contribution in [1.29, 1.82) is 0 Å². The van der Waals surface area contributed by atoms with Crippen LogP contribution in [0.2, 0.25) is 0 Å². The molecule has 3 aromatic rings. The molecular weight excluding hydrogens is 323 g/mol. The number of aryl methyl sites for hydroxylation is 1. The number of benzene rings is 3. The van der Waals surface area contributed by atoms with Crippen molar-refractivity contribution < 1.29 is 14.8 Å². The third-order valence-electron chi connectivity index (χ3n) is 4.79. The second-order valence-electron chi connectivity index (χ2n) is 6.53. The van der Waals surface area contributed by atoms with Crippen LogP contribution in [0, 0.1) is 6.92 Å². The zero-order valence-corrected chi connectivity index (χ0v) is 14.5. The van der Waals surface area contributed by atoms with Gasteiger partial charge in [0.1, 0.15) is 5.75 Å². The van der Waals surface area contributed by atoms with E-state index in [1.807, 2.05) is 55.5 Å². The van der Waals surface area contributed by atoms with Crippen molar-refractivity contribution in [1.82, 2.24) is 0 Å². The van der Waals surface area contributed by atoms with E-state index in [9.17, 15) is 10.0 Å². The Morgan fingerprint density at radius 2 is 1.42 bits per heavy atom. The zero-order valence-electron chi connectivity index (χ0n) is 14.5. The molecule has 0 saturated heterocycles. The van der Waals surface area contributed by atoms with E-state index in [-0.39, 0.29) is 0 Å². The van der Waals surface area contributed by atoms with Crippen LogP contribution in [0.5, 0.6) is 5.75 Å². The van der Waals surface area contributed by atoms with Gasteiger partial charge in [-0.1, -0.05) is 78.9 Å². The Balaban J connectivity index is 1.91. The minimum Gasteiger partial charge on any atom is -0.473 e. The van der Waals surface area contributed by atoms with Crippen LogP contribution in [0.3, 0.4) is 0 Å². The van der Waals surface area contributed by atoms with E-state index < -0.39 is 12.7 Å². The van der Waals surface area contributed by atoms with Gasteiger partial charge in [-0.2, -0.15) is 0 Å². The molecule has 0 aromatic heterocycles. The molecule has 0 aliphatic carbocycles. The summed E-state index contributed by atoms with van der Waals surface area (Å²) in [4.78, 5) is 0. The maximum atomic E-state index is 9.50.